The Hall–Kier alpha value is -1.97. The van der Waals surface area contributed by atoms with Crippen LogP contribution in [0.5, 0.6) is 5.75 Å². The maximum atomic E-state index is 10.6. The Labute approximate surface area is 108 Å². The van der Waals surface area contributed by atoms with E-state index >= 15 is 0 Å². The fourth-order valence-corrected chi connectivity index (χ4v) is 1.55. The Morgan fingerprint density at radius 1 is 1.61 bits per heavy atom. The van der Waals surface area contributed by atoms with E-state index in [1.54, 1.807) is 6.07 Å². The zero-order valence-electron chi connectivity index (χ0n) is 10.7. The Kier molecular flexibility index (Phi) is 5.77. The predicted molar refractivity (Wildman–Crippen MR) is 73.6 cm³/mol. The van der Waals surface area contributed by atoms with E-state index in [0.717, 1.165) is 18.5 Å². The summed E-state index contributed by atoms with van der Waals surface area (Å²) in [5.41, 5.74) is 5.99. The number of anilines is 1. The van der Waals surface area contributed by atoms with E-state index in [1.807, 2.05) is 24.3 Å². The normalized spacial score (nSPS) is 11.6. The van der Waals surface area contributed by atoms with Gasteiger partial charge in [-0.25, -0.2) is 0 Å². The molecule has 0 aliphatic carbocycles. The molecule has 4 nitrogen and oxygen atoms in total. The molecule has 1 atom stereocenters. The number of nitrogens with one attached hydrogen (secondary N) is 1. The van der Waals surface area contributed by atoms with Crippen LogP contribution in [0.15, 0.2) is 36.9 Å². The number of amides is 1. The highest BCUT2D eigenvalue weighted by atomic mass is 16.5. The molecular formula is C14H20N2O2. The first kappa shape index (κ1) is 14.1. The van der Waals surface area contributed by atoms with Crippen molar-refractivity contribution in [2.75, 3.05) is 11.9 Å². The van der Waals surface area contributed by atoms with Crippen molar-refractivity contribution in [1.29, 1.82) is 0 Å². The van der Waals surface area contributed by atoms with Crippen molar-refractivity contribution in [3.63, 3.8) is 0 Å². The van der Waals surface area contributed by atoms with E-state index in [0.29, 0.717) is 11.8 Å². The number of hydrogen-bond acceptors (Lipinski definition) is 3. The largest absolute Gasteiger partial charge is 0.484 e. The van der Waals surface area contributed by atoms with Gasteiger partial charge in [0.1, 0.15) is 5.75 Å². The van der Waals surface area contributed by atoms with Crippen molar-refractivity contribution in [3.05, 3.63) is 36.9 Å². The van der Waals surface area contributed by atoms with Crippen LogP contribution in [0.25, 0.3) is 0 Å². The third-order valence-corrected chi connectivity index (χ3v) is 2.43. The smallest absolute Gasteiger partial charge is 0.255 e. The Morgan fingerprint density at radius 3 is 3.06 bits per heavy atom. The minimum atomic E-state index is -0.479. The Bertz CT molecular complexity index is 405. The van der Waals surface area contributed by atoms with Crippen LogP contribution < -0.4 is 15.8 Å². The molecule has 98 valence electrons. The van der Waals surface area contributed by atoms with E-state index in [-0.39, 0.29) is 6.61 Å². The van der Waals surface area contributed by atoms with E-state index in [9.17, 15) is 4.79 Å². The third-order valence-electron chi connectivity index (χ3n) is 2.43. The second kappa shape index (κ2) is 7.37. The van der Waals surface area contributed by atoms with E-state index in [1.165, 1.54) is 0 Å². The minimum absolute atomic E-state index is 0.102. The molecule has 0 fully saturated rings. The SMILES string of the molecule is C=CCCC(C)Nc1cccc(OCC(N)=O)c1. The maximum Gasteiger partial charge on any atom is 0.255 e. The number of carbonyl (C=O) groups is 1. The van der Waals surface area contributed by atoms with Gasteiger partial charge in [-0.2, -0.15) is 0 Å². The highest BCUT2D eigenvalue weighted by Crippen LogP contribution is 2.18. The number of nitrogens with two attached hydrogens (primary N) is 1. The minimum Gasteiger partial charge on any atom is -0.484 e. The van der Waals surface area contributed by atoms with Gasteiger partial charge in [0.25, 0.3) is 5.91 Å². The Balaban J connectivity index is 2.53. The average Bonchev–Trinajstić information content (AvgIpc) is 2.34. The van der Waals surface area contributed by atoms with Crippen LogP contribution in [0.1, 0.15) is 19.8 Å². The average molecular weight is 248 g/mol. The number of primary amides is 1. The van der Waals surface area contributed by atoms with E-state index < -0.39 is 5.91 Å². The molecule has 0 saturated carbocycles. The molecule has 0 aromatic heterocycles. The summed E-state index contributed by atoms with van der Waals surface area (Å²) in [6.07, 6.45) is 3.91. The number of benzene rings is 1. The maximum absolute atomic E-state index is 10.6. The number of carbonyl (C=O) groups excluding carboxylic acids is 1. The molecule has 0 spiro atoms. The summed E-state index contributed by atoms with van der Waals surface area (Å²) in [4.78, 5) is 10.6. The molecule has 0 aliphatic heterocycles. The van der Waals surface area contributed by atoms with Gasteiger partial charge in [0.05, 0.1) is 0 Å². The van der Waals surface area contributed by atoms with Crippen molar-refractivity contribution >= 4 is 11.6 Å². The number of hydrogen-bond donors (Lipinski definition) is 2. The molecule has 1 rings (SSSR count). The fraction of sp³-hybridized carbons (Fsp3) is 0.357. The summed E-state index contributed by atoms with van der Waals surface area (Å²) in [6.45, 7) is 5.71. The van der Waals surface area contributed by atoms with E-state index in [2.05, 4.69) is 18.8 Å². The summed E-state index contributed by atoms with van der Waals surface area (Å²) in [5, 5.41) is 3.36. The van der Waals surface area contributed by atoms with Crippen LogP contribution in [0.2, 0.25) is 0 Å². The molecule has 0 radical (unpaired) electrons. The molecule has 1 aromatic rings. The summed E-state index contributed by atoms with van der Waals surface area (Å²) < 4.78 is 5.24. The first-order valence-electron chi connectivity index (χ1n) is 6.00. The lowest BCUT2D eigenvalue weighted by Crippen LogP contribution is -2.20. The highest BCUT2D eigenvalue weighted by molar-refractivity contribution is 5.75. The van der Waals surface area contributed by atoms with Crippen molar-refractivity contribution in [1.82, 2.24) is 0 Å². The topological polar surface area (TPSA) is 64.3 Å². The number of ether oxygens (including phenoxy) is 1. The van der Waals surface area contributed by atoms with Gasteiger partial charge in [0.2, 0.25) is 0 Å². The lowest BCUT2D eigenvalue weighted by Gasteiger charge is -2.15. The van der Waals surface area contributed by atoms with Gasteiger partial charge in [-0.1, -0.05) is 12.1 Å². The zero-order chi connectivity index (χ0) is 13.4. The van der Waals surface area contributed by atoms with Crippen LogP contribution in [0, 0.1) is 0 Å². The first-order valence-corrected chi connectivity index (χ1v) is 6.00. The van der Waals surface area contributed by atoms with Gasteiger partial charge < -0.3 is 15.8 Å². The summed E-state index contributed by atoms with van der Waals surface area (Å²) in [5.74, 6) is 0.155. The lowest BCUT2D eigenvalue weighted by atomic mass is 10.1. The molecule has 4 heteroatoms. The first-order chi connectivity index (χ1) is 8.61. The molecule has 1 aromatic carbocycles. The lowest BCUT2D eigenvalue weighted by molar-refractivity contribution is -0.119. The molecule has 18 heavy (non-hydrogen) atoms. The van der Waals surface area contributed by atoms with Gasteiger partial charge in [0, 0.05) is 17.8 Å². The summed E-state index contributed by atoms with van der Waals surface area (Å²) in [7, 11) is 0. The quantitative estimate of drug-likeness (QED) is 0.694. The van der Waals surface area contributed by atoms with Crippen LogP contribution in [0.3, 0.4) is 0 Å². The van der Waals surface area contributed by atoms with Gasteiger partial charge in [-0.15, -0.1) is 6.58 Å². The van der Waals surface area contributed by atoms with Crippen molar-refractivity contribution in [3.8, 4) is 5.75 Å². The molecule has 0 bridgehead atoms. The predicted octanol–water partition coefficient (Wildman–Crippen LogP) is 2.32. The van der Waals surface area contributed by atoms with E-state index in [4.69, 9.17) is 10.5 Å². The third kappa shape index (κ3) is 5.39. The van der Waals surface area contributed by atoms with Crippen molar-refractivity contribution < 1.29 is 9.53 Å². The molecule has 1 unspecified atom stereocenters. The second-order valence-electron chi connectivity index (χ2n) is 4.19. The van der Waals surface area contributed by atoms with Gasteiger partial charge >= 0.3 is 0 Å². The highest BCUT2D eigenvalue weighted by Gasteiger charge is 2.03. The molecule has 1 amide bonds. The number of rotatable bonds is 8. The van der Waals surface area contributed by atoms with Crippen LogP contribution in [0.4, 0.5) is 5.69 Å². The standard InChI is InChI=1S/C14H20N2O2/c1-3-4-6-11(2)16-12-7-5-8-13(9-12)18-10-14(15)17/h3,5,7-9,11,16H,1,4,6,10H2,2H3,(H2,15,17). The molecule has 3 N–H and O–H groups in total. The monoisotopic (exact) mass is 248 g/mol. The van der Waals surface area contributed by atoms with Crippen LogP contribution >= 0.6 is 0 Å². The van der Waals surface area contributed by atoms with Gasteiger partial charge in [-0.3, -0.25) is 4.79 Å². The molecule has 0 saturated heterocycles. The van der Waals surface area contributed by atoms with Gasteiger partial charge in [0.15, 0.2) is 6.61 Å². The molecular weight excluding hydrogens is 228 g/mol. The van der Waals surface area contributed by atoms with Crippen molar-refractivity contribution in [2.24, 2.45) is 5.73 Å². The second-order valence-corrected chi connectivity index (χ2v) is 4.19. The zero-order valence-corrected chi connectivity index (χ0v) is 10.7. The van der Waals surface area contributed by atoms with Gasteiger partial charge in [-0.05, 0) is 31.9 Å². The number of allylic oxidation sites excluding steroid dienone is 1. The summed E-state index contributed by atoms with van der Waals surface area (Å²) >= 11 is 0. The van der Waals surface area contributed by atoms with Crippen LogP contribution in [-0.4, -0.2) is 18.6 Å². The molecule has 0 heterocycles. The molecule has 0 aliphatic rings. The van der Waals surface area contributed by atoms with Crippen molar-refractivity contribution in [2.45, 2.75) is 25.8 Å². The fourth-order valence-electron chi connectivity index (χ4n) is 1.55. The Morgan fingerprint density at radius 2 is 2.39 bits per heavy atom. The summed E-state index contributed by atoms with van der Waals surface area (Å²) in [6, 6.07) is 7.84. The van der Waals surface area contributed by atoms with Crippen LogP contribution in [-0.2, 0) is 4.79 Å².